The number of aryl methyl sites for hydroxylation is 2. The molecule has 0 atom stereocenters. The molecular weight excluding hydrogens is 258 g/mol. The molecule has 112 valence electrons. The fourth-order valence-corrected chi connectivity index (χ4v) is 2.02. The summed E-state index contributed by atoms with van der Waals surface area (Å²) in [5.74, 6) is -0.442. The zero-order valence-electron chi connectivity index (χ0n) is 12.7. The van der Waals surface area contributed by atoms with Crippen LogP contribution < -0.4 is 0 Å². The predicted molar refractivity (Wildman–Crippen MR) is 75.3 cm³/mol. The van der Waals surface area contributed by atoms with Crippen LogP contribution in [0.5, 0.6) is 0 Å². The van der Waals surface area contributed by atoms with Gasteiger partial charge in [0.05, 0.1) is 18.7 Å². The monoisotopic (exact) mass is 281 g/mol. The number of hydrogen-bond acceptors (Lipinski definition) is 4. The third-order valence-corrected chi connectivity index (χ3v) is 3.08. The Hall–Kier alpha value is -1.85. The van der Waals surface area contributed by atoms with Crippen LogP contribution in [0.4, 0.5) is 0 Å². The summed E-state index contributed by atoms with van der Waals surface area (Å²) in [5, 5.41) is 6.94. The molecule has 0 spiro atoms. The molecule has 0 saturated heterocycles. The van der Waals surface area contributed by atoms with Gasteiger partial charge in [0.25, 0.3) is 0 Å². The van der Waals surface area contributed by atoms with Crippen molar-refractivity contribution in [3.8, 4) is 0 Å². The van der Waals surface area contributed by atoms with E-state index in [-0.39, 0.29) is 24.8 Å². The summed E-state index contributed by atoms with van der Waals surface area (Å²) in [6, 6.07) is 0. The fraction of sp³-hybridized carbons (Fsp3) is 0.643. The summed E-state index contributed by atoms with van der Waals surface area (Å²) in [4.78, 5) is 25.4. The van der Waals surface area contributed by atoms with Crippen molar-refractivity contribution in [2.75, 3.05) is 19.7 Å². The first-order valence-electron chi connectivity index (χ1n) is 6.93. The van der Waals surface area contributed by atoms with Gasteiger partial charge in [-0.3, -0.25) is 14.7 Å². The second kappa shape index (κ2) is 7.67. The maximum absolute atomic E-state index is 12.3. The first kappa shape index (κ1) is 16.2. The van der Waals surface area contributed by atoms with Crippen molar-refractivity contribution < 1.29 is 14.3 Å². The summed E-state index contributed by atoms with van der Waals surface area (Å²) in [5.41, 5.74) is 2.62. The molecule has 1 aromatic heterocycles. The van der Waals surface area contributed by atoms with Crippen LogP contribution in [0.15, 0.2) is 0 Å². The molecule has 1 heterocycles. The molecule has 0 aliphatic carbocycles. The molecule has 0 aliphatic rings. The van der Waals surface area contributed by atoms with Gasteiger partial charge in [-0.1, -0.05) is 6.92 Å². The van der Waals surface area contributed by atoms with Gasteiger partial charge >= 0.3 is 5.97 Å². The molecule has 0 saturated carbocycles. The van der Waals surface area contributed by atoms with E-state index < -0.39 is 0 Å². The Labute approximate surface area is 119 Å². The van der Waals surface area contributed by atoms with Crippen molar-refractivity contribution >= 4 is 11.9 Å². The Kier molecular flexibility index (Phi) is 6.21. The number of esters is 1. The molecular formula is C14H23N3O3. The van der Waals surface area contributed by atoms with E-state index in [9.17, 15) is 9.59 Å². The molecule has 0 unspecified atom stereocenters. The van der Waals surface area contributed by atoms with Gasteiger partial charge in [0.2, 0.25) is 5.91 Å². The zero-order chi connectivity index (χ0) is 15.1. The van der Waals surface area contributed by atoms with Gasteiger partial charge in [0, 0.05) is 17.8 Å². The molecule has 0 aliphatic heterocycles. The van der Waals surface area contributed by atoms with Gasteiger partial charge in [-0.25, -0.2) is 0 Å². The van der Waals surface area contributed by atoms with Crippen molar-refractivity contribution in [2.45, 2.75) is 40.5 Å². The van der Waals surface area contributed by atoms with E-state index in [2.05, 4.69) is 10.2 Å². The van der Waals surface area contributed by atoms with Gasteiger partial charge in [0.15, 0.2) is 0 Å². The normalized spacial score (nSPS) is 10.4. The highest BCUT2D eigenvalue weighted by Gasteiger charge is 2.19. The van der Waals surface area contributed by atoms with E-state index >= 15 is 0 Å². The average molecular weight is 281 g/mol. The molecule has 0 fully saturated rings. The first-order chi connectivity index (χ1) is 9.49. The Morgan fingerprint density at radius 2 is 2.00 bits per heavy atom. The standard InChI is InChI=1S/C14H23N3O3/c1-5-7-17(9-14(19)20-6-2)13(18)8-12-10(3)15-16-11(12)4/h5-9H2,1-4H3,(H,15,16). The summed E-state index contributed by atoms with van der Waals surface area (Å²) in [6.07, 6.45) is 1.06. The minimum Gasteiger partial charge on any atom is -0.465 e. The molecule has 20 heavy (non-hydrogen) atoms. The molecule has 6 heteroatoms. The highest BCUT2D eigenvalue weighted by atomic mass is 16.5. The summed E-state index contributed by atoms with van der Waals surface area (Å²) in [6.45, 7) is 8.36. The second-order valence-electron chi connectivity index (χ2n) is 4.71. The van der Waals surface area contributed by atoms with Crippen LogP contribution in [0.25, 0.3) is 0 Å². The molecule has 0 bridgehead atoms. The van der Waals surface area contributed by atoms with Crippen LogP contribution in [0.2, 0.25) is 0 Å². The number of rotatable bonds is 7. The van der Waals surface area contributed by atoms with E-state index in [0.717, 1.165) is 23.4 Å². The summed E-state index contributed by atoms with van der Waals surface area (Å²) >= 11 is 0. The molecule has 6 nitrogen and oxygen atoms in total. The van der Waals surface area contributed by atoms with Crippen LogP contribution in [-0.2, 0) is 20.7 Å². The molecule has 1 rings (SSSR count). The van der Waals surface area contributed by atoms with Gasteiger partial charge in [0.1, 0.15) is 6.54 Å². The number of carbonyl (C=O) groups excluding carboxylic acids is 2. The Morgan fingerprint density at radius 3 is 2.50 bits per heavy atom. The number of nitrogens with one attached hydrogen (secondary N) is 1. The Morgan fingerprint density at radius 1 is 1.30 bits per heavy atom. The molecule has 1 amide bonds. The zero-order valence-corrected chi connectivity index (χ0v) is 12.7. The first-order valence-corrected chi connectivity index (χ1v) is 6.93. The highest BCUT2D eigenvalue weighted by Crippen LogP contribution is 2.11. The van der Waals surface area contributed by atoms with Gasteiger partial charge < -0.3 is 9.64 Å². The quantitative estimate of drug-likeness (QED) is 0.766. The van der Waals surface area contributed by atoms with Crippen molar-refractivity contribution in [2.24, 2.45) is 0 Å². The SMILES string of the molecule is CCCN(CC(=O)OCC)C(=O)Cc1c(C)n[nH]c1C. The van der Waals surface area contributed by atoms with Crippen LogP contribution in [0.3, 0.4) is 0 Å². The Balaban J connectivity index is 2.71. The number of H-pyrrole nitrogens is 1. The topological polar surface area (TPSA) is 75.3 Å². The minimum atomic E-state index is -0.366. The number of aromatic nitrogens is 2. The maximum Gasteiger partial charge on any atom is 0.325 e. The lowest BCUT2D eigenvalue weighted by atomic mass is 10.1. The number of hydrogen-bond donors (Lipinski definition) is 1. The lowest BCUT2D eigenvalue weighted by molar-refractivity contribution is -0.148. The van der Waals surface area contributed by atoms with Crippen LogP contribution in [-0.4, -0.2) is 46.7 Å². The number of amides is 1. The predicted octanol–water partition coefficient (Wildman–Crippen LogP) is 1.37. The lowest BCUT2D eigenvalue weighted by Gasteiger charge is -2.21. The minimum absolute atomic E-state index is 0.0104. The Bertz CT molecular complexity index is 449. The smallest absolute Gasteiger partial charge is 0.325 e. The third kappa shape index (κ3) is 4.36. The van der Waals surface area contributed by atoms with E-state index in [1.807, 2.05) is 20.8 Å². The second-order valence-corrected chi connectivity index (χ2v) is 4.71. The van der Waals surface area contributed by atoms with Gasteiger partial charge in [-0.15, -0.1) is 0 Å². The van der Waals surface area contributed by atoms with E-state index in [4.69, 9.17) is 4.74 Å². The number of ether oxygens (including phenoxy) is 1. The number of nitrogens with zero attached hydrogens (tertiary/aromatic N) is 2. The largest absolute Gasteiger partial charge is 0.465 e. The highest BCUT2D eigenvalue weighted by molar-refractivity contribution is 5.83. The van der Waals surface area contributed by atoms with Crippen LogP contribution in [0, 0.1) is 13.8 Å². The van der Waals surface area contributed by atoms with Crippen molar-refractivity contribution in [1.82, 2.24) is 15.1 Å². The van der Waals surface area contributed by atoms with E-state index in [1.165, 1.54) is 0 Å². The third-order valence-electron chi connectivity index (χ3n) is 3.08. The number of aromatic amines is 1. The van der Waals surface area contributed by atoms with Crippen molar-refractivity contribution in [1.29, 1.82) is 0 Å². The molecule has 0 aromatic carbocycles. The van der Waals surface area contributed by atoms with E-state index in [1.54, 1.807) is 11.8 Å². The van der Waals surface area contributed by atoms with Crippen molar-refractivity contribution in [3.63, 3.8) is 0 Å². The van der Waals surface area contributed by atoms with E-state index in [0.29, 0.717) is 13.2 Å². The van der Waals surface area contributed by atoms with Crippen LogP contribution >= 0.6 is 0 Å². The lowest BCUT2D eigenvalue weighted by Crippen LogP contribution is -2.38. The maximum atomic E-state index is 12.3. The van der Waals surface area contributed by atoms with Gasteiger partial charge in [-0.05, 0) is 27.2 Å². The molecule has 0 radical (unpaired) electrons. The average Bonchev–Trinajstić information content (AvgIpc) is 2.70. The van der Waals surface area contributed by atoms with Crippen molar-refractivity contribution in [3.05, 3.63) is 17.0 Å². The molecule has 1 aromatic rings. The van der Waals surface area contributed by atoms with Gasteiger partial charge in [-0.2, -0.15) is 5.10 Å². The summed E-state index contributed by atoms with van der Waals surface area (Å²) in [7, 11) is 0. The number of carbonyl (C=O) groups is 2. The molecule has 1 N–H and O–H groups in total. The summed E-state index contributed by atoms with van der Waals surface area (Å²) < 4.78 is 4.90. The fourth-order valence-electron chi connectivity index (χ4n) is 2.02. The van der Waals surface area contributed by atoms with Crippen LogP contribution in [0.1, 0.15) is 37.2 Å².